The lowest BCUT2D eigenvalue weighted by molar-refractivity contribution is 0.419. The highest BCUT2D eigenvalue weighted by atomic mass is 35.5. The second-order valence-corrected chi connectivity index (χ2v) is 5.60. The number of imidazole rings is 1. The zero-order valence-electron chi connectivity index (χ0n) is 11.2. The van der Waals surface area contributed by atoms with Gasteiger partial charge in [-0.15, -0.1) is 22.9 Å². The van der Waals surface area contributed by atoms with E-state index in [1.807, 2.05) is 29.8 Å². The summed E-state index contributed by atoms with van der Waals surface area (Å²) in [5.41, 5.74) is 1.86. The lowest BCUT2D eigenvalue weighted by atomic mass is 10.2. The van der Waals surface area contributed by atoms with Gasteiger partial charge >= 0.3 is 0 Å². The average molecular weight is 308 g/mol. The first kappa shape index (κ1) is 13.4. The van der Waals surface area contributed by atoms with E-state index in [-0.39, 0.29) is 6.04 Å². The lowest BCUT2D eigenvalue weighted by Gasteiger charge is -2.14. The van der Waals surface area contributed by atoms with Crippen LogP contribution < -0.4 is 4.74 Å². The Morgan fingerprint density at radius 2 is 2.30 bits per heavy atom. The van der Waals surface area contributed by atoms with Crippen molar-refractivity contribution in [1.82, 2.24) is 14.5 Å². The Morgan fingerprint density at radius 1 is 1.45 bits per heavy atom. The number of hydrogen-bond acceptors (Lipinski definition) is 4. The molecule has 3 aromatic rings. The summed E-state index contributed by atoms with van der Waals surface area (Å²) < 4.78 is 7.51. The summed E-state index contributed by atoms with van der Waals surface area (Å²) in [4.78, 5) is 9.01. The van der Waals surface area contributed by atoms with Gasteiger partial charge in [-0.1, -0.05) is 6.07 Å². The Bertz CT molecular complexity index is 723. The van der Waals surface area contributed by atoms with Crippen LogP contribution in [0.25, 0.3) is 11.0 Å². The predicted molar refractivity (Wildman–Crippen MR) is 81.8 cm³/mol. The molecule has 0 aliphatic rings. The molecule has 104 valence electrons. The largest absolute Gasteiger partial charge is 0.494 e. The molecule has 0 N–H and O–H groups in total. The molecule has 0 saturated carbocycles. The molecule has 2 heterocycles. The summed E-state index contributed by atoms with van der Waals surface area (Å²) in [6, 6.07) is 6.00. The van der Waals surface area contributed by atoms with Gasteiger partial charge in [0.1, 0.15) is 22.1 Å². The number of benzene rings is 1. The summed E-state index contributed by atoms with van der Waals surface area (Å²) in [6.07, 6.45) is 1.82. The van der Waals surface area contributed by atoms with Gasteiger partial charge in [0.2, 0.25) is 0 Å². The zero-order valence-corrected chi connectivity index (χ0v) is 12.8. The summed E-state index contributed by atoms with van der Waals surface area (Å²) >= 11 is 7.70. The van der Waals surface area contributed by atoms with E-state index < -0.39 is 0 Å². The van der Waals surface area contributed by atoms with Gasteiger partial charge in [-0.05, 0) is 19.1 Å². The van der Waals surface area contributed by atoms with E-state index in [4.69, 9.17) is 16.3 Å². The van der Waals surface area contributed by atoms with Gasteiger partial charge in [-0.25, -0.2) is 9.97 Å². The molecule has 20 heavy (non-hydrogen) atoms. The molecular formula is C14H14ClN3OS. The topological polar surface area (TPSA) is 39.9 Å². The fourth-order valence-electron chi connectivity index (χ4n) is 2.38. The first-order valence-corrected chi connectivity index (χ1v) is 7.66. The maximum atomic E-state index is 6.06. The molecule has 4 nitrogen and oxygen atoms in total. The third kappa shape index (κ3) is 2.07. The van der Waals surface area contributed by atoms with E-state index >= 15 is 0 Å². The SMILES string of the molecule is COc1cccc2c1nc(CCl)n2C(C)c1nccs1. The standard InChI is InChI=1S/C14H14ClN3OS/c1-9(14-16-6-7-20-14)18-10-4-3-5-11(19-2)13(10)17-12(18)8-15/h3-7,9H,8H2,1-2H3. The molecule has 0 aliphatic heterocycles. The Labute approximate surface area is 126 Å². The van der Waals surface area contributed by atoms with Crippen LogP contribution in [0.5, 0.6) is 5.75 Å². The smallest absolute Gasteiger partial charge is 0.146 e. The number of ether oxygens (including phenoxy) is 1. The van der Waals surface area contributed by atoms with E-state index in [0.29, 0.717) is 5.88 Å². The molecule has 0 bridgehead atoms. The van der Waals surface area contributed by atoms with E-state index in [2.05, 4.69) is 21.5 Å². The summed E-state index contributed by atoms with van der Waals surface area (Å²) in [5.74, 6) is 1.95. The molecule has 0 fully saturated rings. The van der Waals surface area contributed by atoms with Crippen LogP contribution in [0.4, 0.5) is 0 Å². The molecule has 2 aromatic heterocycles. The number of hydrogen-bond donors (Lipinski definition) is 0. The van der Waals surface area contributed by atoms with Crippen LogP contribution in [0.1, 0.15) is 23.8 Å². The monoisotopic (exact) mass is 307 g/mol. The van der Waals surface area contributed by atoms with E-state index in [1.54, 1.807) is 18.4 Å². The molecular weight excluding hydrogens is 294 g/mol. The third-order valence-corrected chi connectivity index (χ3v) is 4.48. The maximum absolute atomic E-state index is 6.06. The average Bonchev–Trinajstić information content (AvgIpc) is 3.12. The molecule has 3 rings (SSSR count). The van der Waals surface area contributed by atoms with E-state index in [9.17, 15) is 0 Å². The second kappa shape index (κ2) is 5.42. The van der Waals surface area contributed by atoms with Crippen LogP contribution in [-0.2, 0) is 5.88 Å². The van der Waals surface area contributed by atoms with Gasteiger partial charge in [-0.2, -0.15) is 0 Å². The minimum Gasteiger partial charge on any atom is -0.494 e. The quantitative estimate of drug-likeness (QED) is 0.687. The van der Waals surface area contributed by atoms with E-state index in [1.165, 1.54) is 0 Å². The highest BCUT2D eigenvalue weighted by Gasteiger charge is 2.20. The van der Waals surface area contributed by atoms with Gasteiger partial charge in [0.25, 0.3) is 0 Å². The van der Waals surface area contributed by atoms with Crippen LogP contribution in [-0.4, -0.2) is 21.6 Å². The molecule has 0 radical (unpaired) electrons. The van der Waals surface area contributed by atoms with Crippen molar-refractivity contribution in [2.45, 2.75) is 18.8 Å². The predicted octanol–water partition coefficient (Wildman–Crippen LogP) is 3.85. The number of alkyl halides is 1. The van der Waals surface area contributed by atoms with Gasteiger partial charge in [0.15, 0.2) is 0 Å². The van der Waals surface area contributed by atoms with Gasteiger partial charge in [-0.3, -0.25) is 0 Å². The van der Waals surface area contributed by atoms with Crippen molar-refractivity contribution in [3.8, 4) is 5.75 Å². The first-order valence-electron chi connectivity index (χ1n) is 6.25. The van der Waals surface area contributed by atoms with Gasteiger partial charge < -0.3 is 9.30 Å². The number of halogens is 1. The fourth-order valence-corrected chi connectivity index (χ4v) is 3.26. The number of methoxy groups -OCH3 is 1. The van der Waals surface area contributed by atoms with Crippen LogP contribution in [0.3, 0.4) is 0 Å². The van der Waals surface area contributed by atoms with E-state index in [0.717, 1.165) is 27.6 Å². The van der Waals surface area contributed by atoms with Crippen LogP contribution in [0, 0.1) is 0 Å². The maximum Gasteiger partial charge on any atom is 0.146 e. The fraction of sp³-hybridized carbons (Fsp3) is 0.286. The molecule has 1 atom stereocenters. The number of rotatable bonds is 4. The number of fused-ring (bicyclic) bond motifs is 1. The molecule has 0 amide bonds. The Balaban J connectivity index is 2.23. The van der Waals surface area contributed by atoms with Crippen molar-refractivity contribution in [3.05, 3.63) is 40.6 Å². The molecule has 0 aliphatic carbocycles. The van der Waals surface area contributed by atoms with Crippen molar-refractivity contribution in [3.63, 3.8) is 0 Å². The van der Waals surface area contributed by atoms with Crippen molar-refractivity contribution in [2.75, 3.05) is 7.11 Å². The minimum absolute atomic E-state index is 0.0980. The lowest BCUT2D eigenvalue weighted by Crippen LogP contribution is -2.09. The van der Waals surface area contributed by atoms with Crippen LogP contribution >= 0.6 is 22.9 Å². The zero-order chi connectivity index (χ0) is 14.1. The Kier molecular flexibility index (Phi) is 3.63. The van der Waals surface area contributed by atoms with Crippen LogP contribution in [0.2, 0.25) is 0 Å². The summed E-state index contributed by atoms with van der Waals surface area (Å²) in [7, 11) is 1.65. The number of para-hydroxylation sites is 1. The van der Waals surface area contributed by atoms with Crippen molar-refractivity contribution in [1.29, 1.82) is 0 Å². The molecule has 1 aromatic carbocycles. The summed E-state index contributed by atoms with van der Waals surface area (Å²) in [6.45, 7) is 2.11. The molecule has 1 unspecified atom stereocenters. The van der Waals surface area contributed by atoms with Gasteiger partial charge in [0, 0.05) is 11.6 Å². The van der Waals surface area contributed by atoms with Gasteiger partial charge in [0.05, 0.1) is 24.5 Å². The molecule has 6 heteroatoms. The molecule has 0 spiro atoms. The highest BCUT2D eigenvalue weighted by Crippen LogP contribution is 2.31. The second-order valence-electron chi connectivity index (χ2n) is 4.41. The van der Waals surface area contributed by atoms with Crippen molar-refractivity contribution >= 4 is 34.0 Å². The molecule has 0 saturated heterocycles. The summed E-state index contributed by atoms with van der Waals surface area (Å²) in [5, 5.41) is 3.02. The highest BCUT2D eigenvalue weighted by molar-refractivity contribution is 7.09. The third-order valence-electron chi connectivity index (χ3n) is 3.29. The number of nitrogens with zero attached hydrogens (tertiary/aromatic N) is 3. The van der Waals surface area contributed by atoms with Crippen molar-refractivity contribution < 1.29 is 4.74 Å². The van der Waals surface area contributed by atoms with Crippen LogP contribution in [0.15, 0.2) is 29.8 Å². The normalized spacial score (nSPS) is 12.8. The van der Waals surface area contributed by atoms with Crippen molar-refractivity contribution in [2.24, 2.45) is 0 Å². The first-order chi connectivity index (χ1) is 9.76. The Morgan fingerprint density at radius 3 is 2.95 bits per heavy atom. The minimum atomic E-state index is 0.0980. The number of aromatic nitrogens is 3. The Hall–Kier alpha value is -1.59. The number of thiazole rings is 1.